The smallest absolute Gasteiger partial charge is 0.319 e. The third-order valence-electron chi connectivity index (χ3n) is 4.14. The molecular formula is C19H17N3O3. The molecule has 0 fully saturated rings. The lowest BCUT2D eigenvalue weighted by molar-refractivity contribution is 0.204. The molecule has 0 spiro atoms. The number of hydrogen-bond acceptors (Lipinski definition) is 4. The number of aromatic nitrogens is 1. The minimum Gasteiger partial charge on any atom is -0.488 e. The van der Waals surface area contributed by atoms with Crippen LogP contribution >= 0.6 is 0 Å². The largest absolute Gasteiger partial charge is 0.488 e. The van der Waals surface area contributed by atoms with Gasteiger partial charge < -0.3 is 19.8 Å². The first-order chi connectivity index (χ1) is 12.2. The highest BCUT2D eigenvalue weighted by atomic mass is 16.5. The van der Waals surface area contributed by atoms with Gasteiger partial charge in [-0.2, -0.15) is 0 Å². The molecule has 2 unspecified atom stereocenters. The number of carbonyl (C=O) groups excluding carboxylic acids is 1. The lowest BCUT2D eigenvalue weighted by atomic mass is 10.1. The van der Waals surface area contributed by atoms with Crippen LogP contribution in [0.2, 0.25) is 0 Å². The van der Waals surface area contributed by atoms with Crippen LogP contribution in [-0.4, -0.2) is 17.1 Å². The lowest BCUT2D eigenvalue weighted by Crippen LogP contribution is -2.36. The number of amides is 2. The van der Waals surface area contributed by atoms with Gasteiger partial charge in [-0.3, -0.25) is 0 Å². The van der Waals surface area contributed by atoms with Gasteiger partial charge in [0, 0.05) is 16.8 Å². The van der Waals surface area contributed by atoms with Crippen molar-refractivity contribution in [3.05, 3.63) is 66.6 Å². The lowest BCUT2D eigenvalue weighted by Gasteiger charge is -2.17. The van der Waals surface area contributed by atoms with Crippen LogP contribution < -0.4 is 15.4 Å². The van der Waals surface area contributed by atoms with Gasteiger partial charge in [0.2, 0.25) is 5.89 Å². The predicted octanol–water partition coefficient (Wildman–Crippen LogP) is 3.99. The Morgan fingerprint density at radius 2 is 1.92 bits per heavy atom. The number of para-hydroxylation sites is 1. The van der Waals surface area contributed by atoms with Crippen molar-refractivity contribution in [2.24, 2.45) is 0 Å². The van der Waals surface area contributed by atoms with E-state index in [9.17, 15) is 4.79 Å². The number of benzene rings is 2. The van der Waals surface area contributed by atoms with Gasteiger partial charge in [0.25, 0.3) is 0 Å². The fraction of sp³-hybridized carbons (Fsp3) is 0.158. The van der Waals surface area contributed by atoms with E-state index < -0.39 is 0 Å². The molecule has 0 saturated carbocycles. The summed E-state index contributed by atoms with van der Waals surface area (Å²) in [5, 5.41) is 5.81. The molecule has 6 nitrogen and oxygen atoms in total. The van der Waals surface area contributed by atoms with E-state index in [1.165, 1.54) is 6.26 Å². The summed E-state index contributed by atoms with van der Waals surface area (Å²) in [6.45, 7) is 1.94. The molecule has 2 heterocycles. The van der Waals surface area contributed by atoms with Crippen molar-refractivity contribution >= 4 is 11.7 Å². The van der Waals surface area contributed by atoms with Gasteiger partial charge in [-0.1, -0.05) is 18.2 Å². The van der Waals surface area contributed by atoms with E-state index >= 15 is 0 Å². The SMILES string of the molecule is CC1Oc2ccccc2C1NC(=O)Nc1ccc(-c2ncco2)cc1. The van der Waals surface area contributed by atoms with Crippen LogP contribution in [0, 0.1) is 0 Å². The van der Waals surface area contributed by atoms with Crippen molar-refractivity contribution in [2.75, 3.05) is 5.32 Å². The van der Waals surface area contributed by atoms with E-state index in [4.69, 9.17) is 9.15 Å². The number of carbonyl (C=O) groups is 1. The first-order valence-corrected chi connectivity index (χ1v) is 8.04. The summed E-state index contributed by atoms with van der Waals surface area (Å²) in [4.78, 5) is 16.4. The minimum absolute atomic E-state index is 0.115. The molecule has 0 saturated heterocycles. The van der Waals surface area contributed by atoms with Gasteiger partial charge in [0.1, 0.15) is 18.1 Å². The van der Waals surface area contributed by atoms with Crippen molar-refractivity contribution in [3.63, 3.8) is 0 Å². The molecule has 2 aromatic carbocycles. The molecule has 2 amide bonds. The highest BCUT2D eigenvalue weighted by molar-refractivity contribution is 5.90. The van der Waals surface area contributed by atoms with Gasteiger partial charge in [0.15, 0.2) is 0 Å². The minimum atomic E-state index is -0.277. The van der Waals surface area contributed by atoms with Crippen molar-refractivity contribution < 1.29 is 13.9 Å². The Kier molecular flexibility index (Phi) is 3.85. The van der Waals surface area contributed by atoms with E-state index in [1.54, 1.807) is 6.20 Å². The topological polar surface area (TPSA) is 76.4 Å². The molecular weight excluding hydrogens is 318 g/mol. The maximum absolute atomic E-state index is 12.3. The Bertz CT molecular complexity index is 875. The van der Waals surface area contributed by atoms with Crippen LogP contribution in [0.25, 0.3) is 11.5 Å². The second kappa shape index (κ2) is 6.32. The maximum Gasteiger partial charge on any atom is 0.319 e. The molecule has 1 aliphatic rings. The van der Waals surface area contributed by atoms with Crippen LogP contribution in [0.4, 0.5) is 10.5 Å². The summed E-state index contributed by atoms with van der Waals surface area (Å²) in [6.07, 6.45) is 3.01. The molecule has 1 aliphatic heterocycles. The number of urea groups is 1. The number of hydrogen-bond donors (Lipinski definition) is 2. The molecule has 0 aliphatic carbocycles. The Balaban J connectivity index is 1.42. The first kappa shape index (κ1) is 15.3. The third kappa shape index (κ3) is 3.06. The maximum atomic E-state index is 12.3. The Labute approximate surface area is 144 Å². The van der Waals surface area contributed by atoms with Gasteiger partial charge >= 0.3 is 6.03 Å². The van der Waals surface area contributed by atoms with E-state index in [0.717, 1.165) is 16.9 Å². The Morgan fingerprint density at radius 1 is 1.12 bits per heavy atom. The molecule has 126 valence electrons. The Hall–Kier alpha value is -3.28. The van der Waals surface area contributed by atoms with E-state index in [2.05, 4.69) is 15.6 Å². The van der Waals surface area contributed by atoms with E-state index in [1.807, 2.05) is 55.5 Å². The number of oxazole rings is 1. The van der Waals surface area contributed by atoms with Gasteiger partial charge in [0.05, 0.1) is 12.2 Å². The van der Waals surface area contributed by atoms with Crippen LogP contribution in [0.1, 0.15) is 18.5 Å². The highest BCUT2D eigenvalue weighted by Gasteiger charge is 2.31. The first-order valence-electron chi connectivity index (χ1n) is 8.04. The number of anilines is 1. The van der Waals surface area contributed by atoms with Crippen LogP contribution in [0.3, 0.4) is 0 Å². The quantitative estimate of drug-likeness (QED) is 0.759. The van der Waals surface area contributed by atoms with Gasteiger partial charge in [-0.05, 0) is 37.3 Å². The second-order valence-corrected chi connectivity index (χ2v) is 5.85. The average molecular weight is 335 g/mol. The van der Waals surface area contributed by atoms with Crippen molar-refractivity contribution in [2.45, 2.75) is 19.1 Å². The number of nitrogens with one attached hydrogen (secondary N) is 2. The van der Waals surface area contributed by atoms with E-state index in [0.29, 0.717) is 11.6 Å². The molecule has 1 aromatic heterocycles. The number of ether oxygens (including phenoxy) is 1. The second-order valence-electron chi connectivity index (χ2n) is 5.85. The van der Waals surface area contributed by atoms with Crippen LogP contribution in [-0.2, 0) is 0 Å². The summed E-state index contributed by atoms with van der Waals surface area (Å²) in [5.74, 6) is 1.36. The molecule has 0 radical (unpaired) electrons. The van der Waals surface area contributed by atoms with Crippen molar-refractivity contribution in [3.8, 4) is 17.2 Å². The Morgan fingerprint density at radius 3 is 2.68 bits per heavy atom. The van der Waals surface area contributed by atoms with E-state index in [-0.39, 0.29) is 18.2 Å². The molecule has 0 bridgehead atoms. The fourth-order valence-electron chi connectivity index (χ4n) is 2.93. The van der Waals surface area contributed by atoms with Gasteiger partial charge in [-0.25, -0.2) is 9.78 Å². The summed E-state index contributed by atoms with van der Waals surface area (Å²) in [5.41, 5.74) is 2.53. The summed E-state index contributed by atoms with van der Waals surface area (Å²) < 4.78 is 11.0. The van der Waals surface area contributed by atoms with Crippen molar-refractivity contribution in [1.29, 1.82) is 0 Å². The molecule has 2 atom stereocenters. The molecule has 3 aromatic rings. The molecule has 6 heteroatoms. The molecule has 25 heavy (non-hydrogen) atoms. The predicted molar refractivity (Wildman–Crippen MR) is 93.4 cm³/mol. The zero-order valence-electron chi connectivity index (χ0n) is 13.6. The fourth-order valence-corrected chi connectivity index (χ4v) is 2.93. The molecule has 4 rings (SSSR count). The van der Waals surface area contributed by atoms with Crippen LogP contribution in [0.15, 0.2) is 65.4 Å². The average Bonchev–Trinajstić information content (AvgIpc) is 3.25. The highest BCUT2D eigenvalue weighted by Crippen LogP contribution is 2.36. The number of fused-ring (bicyclic) bond motifs is 1. The number of nitrogens with zero attached hydrogens (tertiary/aromatic N) is 1. The normalized spacial score (nSPS) is 18.3. The third-order valence-corrected chi connectivity index (χ3v) is 4.14. The standard InChI is InChI=1S/C19H17N3O3/c1-12-17(15-4-2-3-5-16(15)25-12)22-19(23)21-14-8-6-13(7-9-14)18-20-10-11-24-18/h2-12,17H,1H3,(H2,21,22,23). The number of rotatable bonds is 3. The zero-order valence-corrected chi connectivity index (χ0v) is 13.6. The summed E-state index contributed by atoms with van der Waals surface area (Å²) >= 11 is 0. The monoisotopic (exact) mass is 335 g/mol. The molecule has 2 N–H and O–H groups in total. The van der Waals surface area contributed by atoms with Crippen molar-refractivity contribution in [1.82, 2.24) is 10.3 Å². The summed E-state index contributed by atoms with van der Waals surface area (Å²) in [7, 11) is 0. The summed E-state index contributed by atoms with van der Waals surface area (Å²) in [6, 6.07) is 14.6. The zero-order chi connectivity index (χ0) is 17.2. The van der Waals surface area contributed by atoms with Crippen LogP contribution in [0.5, 0.6) is 5.75 Å². The van der Waals surface area contributed by atoms with Gasteiger partial charge in [-0.15, -0.1) is 0 Å².